The second-order valence-electron chi connectivity index (χ2n) is 3.09. The molecule has 5 heteroatoms. The zero-order chi connectivity index (χ0) is 9.97. The molecule has 2 rings (SSSR count). The fourth-order valence-electron chi connectivity index (χ4n) is 1.24. The van der Waals surface area contributed by atoms with Gasteiger partial charge >= 0.3 is 0 Å². The maximum Gasteiger partial charge on any atom is 0.129 e. The molecule has 4 N–H and O–H groups in total. The molecule has 1 aromatic rings. The molecule has 1 aromatic carbocycles. The van der Waals surface area contributed by atoms with Crippen molar-refractivity contribution in [3.8, 4) is 0 Å². The lowest BCUT2D eigenvalue weighted by Gasteiger charge is -2.11. The van der Waals surface area contributed by atoms with Gasteiger partial charge in [-0.2, -0.15) is 5.10 Å². The molecular formula is C9H12N4O. The van der Waals surface area contributed by atoms with E-state index in [1.54, 1.807) is 0 Å². The topological polar surface area (TPSA) is 80.2 Å². The summed E-state index contributed by atoms with van der Waals surface area (Å²) in [6.45, 7) is 0.815. The molecule has 0 spiro atoms. The lowest BCUT2D eigenvalue weighted by atomic mass is 10.1. The second-order valence-corrected chi connectivity index (χ2v) is 3.09. The van der Waals surface area contributed by atoms with Crippen molar-refractivity contribution < 1.29 is 4.74 Å². The summed E-state index contributed by atoms with van der Waals surface area (Å²) in [5.41, 5.74) is 2.01. The molecular weight excluding hydrogens is 180 g/mol. The Balaban J connectivity index is 2.12. The Morgan fingerprint density at radius 1 is 1.43 bits per heavy atom. The van der Waals surface area contributed by atoms with Crippen LogP contribution in [0, 0.1) is 0 Å². The molecule has 74 valence electrons. The standard InChI is InChI=1S/C9H12N4O/c10-12-6-13(11)8-3-1-7(2-4-8)9-5-14-9/h1-4,6,9H,5,10-11H2/b12-6-/t9-/m1/s1. The normalized spacial score (nSPS) is 19.9. The third kappa shape index (κ3) is 1.84. The van der Waals surface area contributed by atoms with E-state index in [9.17, 15) is 0 Å². The highest BCUT2D eigenvalue weighted by Crippen LogP contribution is 2.30. The summed E-state index contributed by atoms with van der Waals surface area (Å²) >= 11 is 0. The zero-order valence-electron chi connectivity index (χ0n) is 7.63. The van der Waals surface area contributed by atoms with Crippen molar-refractivity contribution in [1.29, 1.82) is 0 Å². The number of ether oxygens (including phenoxy) is 1. The zero-order valence-corrected chi connectivity index (χ0v) is 7.63. The van der Waals surface area contributed by atoms with Crippen molar-refractivity contribution in [1.82, 2.24) is 0 Å². The number of rotatable bonds is 3. The molecule has 0 bridgehead atoms. The fraction of sp³-hybridized carbons (Fsp3) is 0.222. The largest absolute Gasteiger partial charge is 0.368 e. The minimum absolute atomic E-state index is 0.276. The Morgan fingerprint density at radius 3 is 2.57 bits per heavy atom. The van der Waals surface area contributed by atoms with Crippen molar-refractivity contribution in [3.63, 3.8) is 0 Å². The van der Waals surface area contributed by atoms with Gasteiger partial charge in [-0.25, -0.2) is 5.84 Å². The lowest BCUT2D eigenvalue weighted by molar-refractivity contribution is 0.415. The highest BCUT2D eigenvalue weighted by Gasteiger charge is 2.24. The lowest BCUT2D eigenvalue weighted by Crippen LogP contribution is -2.29. The van der Waals surface area contributed by atoms with Gasteiger partial charge in [-0.3, -0.25) is 5.01 Å². The monoisotopic (exact) mass is 192 g/mol. The molecule has 0 unspecified atom stereocenters. The van der Waals surface area contributed by atoms with Crippen LogP contribution < -0.4 is 16.7 Å². The first-order chi connectivity index (χ1) is 6.81. The van der Waals surface area contributed by atoms with Crippen LogP contribution in [0.15, 0.2) is 29.4 Å². The van der Waals surface area contributed by atoms with Gasteiger partial charge in [0.05, 0.1) is 12.3 Å². The summed E-state index contributed by atoms with van der Waals surface area (Å²) in [6, 6.07) is 7.77. The first-order valence-electron chi connectivity index (χ1n) is 4.30. The van der Waals surface area contributed by atoms with Gasteiger partial charge in [0.2, 0.25) is 0 Å². The van der Waals surface area contributed by atoms with E-state index in [0.29, 0.717) is 0 Å². The molecule has 1 saturated heterocycles. The second kappa shape index (κ2) is 3.65. The Hall–Kier alpha value is -1.59. The van der Waals surface area contributed by atoms with Crippen LogP contribution in [-0.2, 0) is 4.74 Å². The van der Waals surface area contributed by atoms with Gasteiger partial charge < -0.3 is 10.6 Å². The number of nitrogens with two attached hydrogens (primary N) is 2. The maximum atomic E-state index is 5.62. The quantitative estimate of drug-likeness (QED) is 0.238. The van der Waals surface area contributed by atoms with Crippen LogP contribution in [0.3, 0.4) is 0 Å². The summed E-state index contributed by atoms with van der Waals surface area (Å²) in [7, 11) is 0. The van der Waals surface area contributed by atoms with Gasteiger partial charge in [0, 0.05) is 0 Å². The summed E-state index contributed by atoms with van der Waals surface area (Å²) in [5, 5.41) is 4.69. The van der Waals surface area contributed by atoms with Crippen molar-refractivity contribution in [2.45, 2.75) is 6.10 Å². The number of hydrazone groups is 1. The third-order valence-corrected chi connectivity index (χ3v) is 2.09. The molecule has 1 atom stereocenters. The van der Waals surface area contributed by atoms with Crippen LogP contribution in [0.2, 0.25) is 0 Å². The number of benzene rings is 1. The van der Waals surface area contributed by atoms with Crippen LogP contribution in [0.25, 0.3) is 0 Å². The van der Waals surface area contributed by atoms with E-state index in [0.717, 1.165) is 12.3 Å². The van der Waals surface area contributed by atoms with Crippen molar-refractivity contribution in [2.75, 3.05) is 11.6 Å². The molecule has 14 heavy (non-hydrogen) atoms. The Bertz CT molecular complexity index is 331. The number of epoxide rings is 1. The Morgan fingerprint density at radius 2 is 2.07 bits per heavy atom. The first-order valence-corrected chi connectivity index (χ1v) is 4.30. The summed E-state index contributed by atoms with van der Waals surface area (Å²) in [6.07, 6.45) is 1.63. The molecule has 1 fully saturated rings. The molecule has 0 amide bonds. The SMILES string of the molecule is N/N=C\N(N)c1ccc([C@H]2CO2)cc1. The summed E-state index contributed by atoms with van der Waals surface area (Å²) in [4.78, 5) is 0. The summed E-state index contributed by atoms with van der Waals surface area (Å²) < 4.78 is 5.15. The molecule has 0 radical (unpaired) electrons. The van der Waals surface area contributed by atoms with E-state index in [1.807, 2.05) is 24.3 Å². The van der Waals surface area contributed by atoms with E-state index >= 15 is 0 Å². The molecule has 0 aromatic heterocycles. The van der Waals surface area contributed by atoms with E-state index in [1.165, 1.54) is 16.9 Å². The predicted molar refractivity (Wildman–Crippen MR) is 54.5 cm³/mol. The maximum absolute atomic E-state index is 5.62. The molecule has 5 nitrogen and oxygen atoms in total. The van der Waals surface area contributed by atoms with Gasteiger partial charge in [-0.1, -0.05) is 12.1 Å². The number of hydrogen-bond donors (Lipinski definition) is 2. The van der Waals surface area contributed by atoms with Crippen molar-refractivity contribution in [3.05, 3.63) is 29.8 Å². The smallest absolute Gasteiger partial charge is 0.129 e. The van der Waals surface area contributed by atoms with E-state index in [4.69, 9.17) is 16.4 Å². The van der Waals surface area contributed by atoms with E-state index in [-0.39, 0.29) is 6.10 Å². The Kier molecular flexibility index (Phi) is 2.34. The highest BCUT2D eigenvalue weighted by molar-refractivity contribution is 5.77. The molecule has 1 heterocycles. The first kappa shape index (κ1) is 8.98. The number of anilines is 1. The van der Waals surface area contributed by atoms with Crippen LogP contribution in [-0.4, -0.2) is 12.9 Å². The predicted octanol–water partition coefficient (Wildman–Crippen LogP) is 0.340. The van der Waals surface area contributed by atoms with Gasteiger partial charge in [-0.05, 0) is 17.7 Å². The van der Waals surface area contributed by atoms with Gasteiger partial charge in [0.1, 0.15) is 12.4 Å². The third-order valence-electron chi connectivity index (χ3n) is 2.09. The minimum Gasteiger partial charge on any atom is -0.368 e. The van der Waals surface area contributed by atoms with Crippen LogP contribution >= 0.6 is 0 Å². The average Bonchev–Trinajstić information content (AvgIpc) is 3.02. The Labute approximate surface area is 81.9 Å². The number of hydrazine groups is 1. The van der Waals surface area contributed by atoms with Crippen LogP contribution in [0.5, 0.6) is 0 Å². The van der Waals surface area contributed by atoms with Crippen molar-refractivity contribution >= 4 is 12.0 Å². The van der Waals surface area contributed by atoms with Gasteiger partial charge in [0.15, 0.2) is 0 Å². The van der Waals surface area contributed by atoms with Gasteiger partial charge in [-0.15, -0.1) is 0 Å². The molecule has 1 aliphatic rings. The average molecular weight is 192 g/mol. The summed E-state index contributed by atoms with van der Waals surface area (Å²) in [5.74, 6) is 10.6. The number of nitrogens with zero attached hydrogens (tertiary/aromatic N) is 2. The fourth-order valence-corrected chi connectivity index (χ4v) is 1.24. The molecule has 0 aliphatic carbocycles. The minimum atomic E-state index is 0.276. The van der Waals surface area contributed by atoms with Crippen LogP contribution in [0.1, 0.15) is 11.7 Å². The highest BCUT2D eigenvalue weighted by atomic mass is 16.6. The van der Waals surface area contributed by atoms with Crippen molar-refractivity contribution in [2.24, 2.45) is 16.8 Å². The molecule has 1 aliphatic heterocycles. The van der Waals surface area contributed by atoms with Gasteiger partial charge in [0.25, 0.3) is 0 Å². The van der Waals surface area contributed by atoms with E-state index in [2.05, 4.69) is 5.10 Å². The molecule has 0 saturated carbocycles. The van der Waals surface area contributed by atoms with Crippen LogP contribution in [0.4, 0.5) is 5.69 Å². The number of hydrogen-bond acceptors (Lipinski definition) is 4. The van der Waals surface area contributed by atoms with E-state index < -0.39 is 0 Å².